The molecule has 5 rings (SSSR count). The molecule has 0 aromatic heterocycles. The first kappa shape index (κ1) is 24.6. The molecule has 8 heteroatoms. The molecule has 0 N–H and O–H groups in total. The van der Waals surface area contributed by atoms with E-state index in [-0.39, 0.29) is 28.5 Å². The lowest BCUT2D eigenvalue weighted by atomic mass is 10.1. The highest BCUT2D eigenvalue weighted by atomic mass is 35.5. The normalized spacial score (nSPS) is 14.4. The average molecular weight is 530 g/mol. The summed E-state index contributed by atoms with van der Waals surface area (Å²) in [5.74, 6) is -0.119. The van der Waals surface area contributed by atoms with Gasteiger partial charge >= 0.3 is 5.97 Å². The second kappa shape index (κ2) is 10.5. The first-order valence-corrected chi connectivity index (χ1v) is 12.5. The Bertz CT molecular complexity index is 1560. The van der Waals surface area contributed by atoms with Gasteiger partial charge in [0.05, 0.1) is 29.1 Å². The fourth-order valence-corrected chi connectivity index (χ4v) is 4.95. The molecular formula is C29H20ClNO5S. The Balaban J connectivity index is 1.29. The van der Waals surface area contributed by atoms with Crippen LogP contribution in [0.4, 0.5) is 4.79 Å². The van der Waals surface area contributed by atoms with Crippen molar-refractivity contribution in [2.75, 3.05) is 7.11 Å². The van der Waals surface area contributed by atoms with Crippen LogP contribution in [-0.2, 0) is 11.3 Å². The molecule has 0 unspecified atom stereocenters. The van der Waals surface area contributed by atoms with E-state index in [0.29, 0.717) is 21.8 Å². The van der Waals surface area contributed by atoms with Crippen molar-refractivity contribution in [3.05, 3.63) is 112 Å². The highest BCUT2D eigenvalue weighted by molar-refractivity contribution is 8.18. The number of nitrogens with zero attached hydrogens (tertiary/aromatic N) is 1. The van der Waals surface area contributed by atoms with Gasteiger partial charge in [0.25, 0.3) is 11.1 Å². The number of carbonyl (C=O) groups excluding carboxylic acids is 3. The molecule has 1 aliphatic rings. The standard InChI is InChI=1S/C29H20ClNO5S/c1-35-23-11-9-21(10-12-23)28(33)36-25-13-7-18(15-24(25)30)16-26-27(32)31(29(34)37-26)17-19-6-8-20-4-2-3-5-22(20)14-19/h2-16H,17H2,1H3/b26-16-. The molecule has 37 heavy (non-hydrogen) atoms. The maximum absolute atomic E-state index is 13.0. The molecule has 0 radical (unpaired) electrons. The van der Waals surface area contributed by atoms with E-state index >= 15 is 0 Å². The maximum Gasteiger partial charge on any atom is 0.343 e. The summed E-state index contributed by atoms with van der Waals surface area (Å²) in [5, 5.41) is 2.01. The van der Waals surface area contributed by atoms with E-state index in [2.05, 4.69) is 0 Å². The zero-order valence-electron chi connectivity index (χ0n) is 19.6. The lowest BCUT2D eigenvalue weighted by Crippen LogP contribution is -2.27. The zero-order chi connectivity index (χ0) is 25.9. The van der Waals surface area contributed by atoms with E-state index in [1.165, 1.54) is 4.90 Å². The third kappa shape index (κ3) is 5.38. The average Bonchev–Trinajstić information content (AvgIpc) is 3.17. The number of benzene rings is 4. The number of hydrogen-bond donors (Lipinski definition) is 0. The van der Waals surface area contributed by atoms with E-state index in [4.69, 9.17) is 21.1 Å². The minimum Gasteiger partial charge on any atom is -0.497 e. The first-order valence-electron chi connectivity index (χ1n) is 11.3. The van der Waals surface area contributed by atoms with E-state index in [1.54, 1.807) is 55.7 Å². The molecule has 0 saturated carbocycles. The smallest absolute Gasteiger partial charge is 0.343 e. The predicted octanol–water partition coefficient (Wildman–Crippen LogP) is 6.96. The summed E-state index contributed by atoms with van der Waals surface area (Å²) in [5.41, 5.74) is 1.82. The molecular weight excluding hydrogens is 510 g/mol. The number of carbonyl (C=O) groups is 3. The number of halogens is 1. The molecule has 1 fully saturated rings. The number of rotatable bonds is 6. The van der Waals surface area contributed by atoms with Crippen molar-refractivity contribution < 1.29 is 23.9 Å². The summed E-state index contributed by atoms with van der Waals surface area (Å²) >= 11 is 7.23. The molecule has 2 amide bonds. The van der Waals surface area contributed by atoms with E-state index < -0.39 is 5.97 Å². The molecule has 4 aromatic rings. The van der Waals surface area contributed by atoms with Gasteiger partial charge in [0, 0.05) is 0 Å². The van der Waals surface area contributed by atoms with Crippen LogP contribution in [0.25, 0.3) is 16.8 Å². The zero-order valence-corrected chi connectivity index (χ0v) is 21.2. The van der Waals surface area contributed by atoms with Gasteiger partial charge in [0.2, 0.25) is 0 Å². The third-order valence-electron chi connectivity index (χ3n) is 5.81. The number of amides is 2. The van der Waals surface area contributed by atoms with Crippen LogP contribution >= 0.6 is 23.4 Å². The Hall–Kier alpha value is -4.07. The van der Waals surface area contributed by atoms with Gasteiger partial charge in [0.15, 0.2) is 0 Å². The Labute approximate surface area is 222 Å². The minimum absolute atomic E-state index is 0.184. The van der Waals surface area contributed by atoms with Crippen molar-refractivity contribution in [1.82, 2.24) is 4.90 Å². The lowest BCUT2D eigenvalue weighted by molar-refractivity contribution is -0.123. The number of thioether (sulfide) groups is 1. The molecule has 0 spiro atoms. The molecule has 0 aliphatic carbocycles. The highest BCUT2D eigenvalue weighted by Crippen LogP contribution is 2.35. The number of imide groups is 1. The molecule has 1 aliphatic heterocycles. The van der Waals surface area contributed by atoms with Crippen LogP contribution in [0, 0.1) is 0 Å². The quantitative estimate of drug-likeness (QED) is 0.153. The molecule has 1 heterocycles. The van der Waals surface area contributed by atoms with Crippen LogP contribution < -0.4 is 9.47 Å². The van der Waals surface area contributed by atoms with Crippen molar-refractivity contribution in [3.8, 4) is 11.5 Å². The van der Waals surface area contributed by atoms with Crippen molar-refractivity contribution in [2.24, 2.45) is 0 Å². The van der Waals surface area contributed by atoms with E-state index in [0.717, 1.165) is 28.1 Å². The van der Waals surface area contributed by atoms with Crippen LogP contribution in [0.1, 0.15) is 21.5 Å². The number of esters is 1. The Kier molecular flexibility index (Phi) is 6.99. The van der Waals surface area contributed by atoms with Gasteiger partial charge in [-0.1, -0.05) is 54.1 Å². The third-order valence-corrected chi connectivity index (χ3v) is 7.01. The van der Waals surface area contributed by atoms with Gasteiger partial charge in [0.1, 0.15) is 11.5 Å². The van der Waals surface area contributed by atoms with Crippen molar-refractivity contribution in [2.45, 2.75) is 6.54 Å². The van der Waals surface area contributed by atoms with Crippen LogP contribution in [0.5, 0.6) is 11.5 Å². The molecule has 0 bridgehead atoms. The fraction of sp³-hybridized carbons (Fsp3) is 0.0690. The van der Waals surface area contributed by atoms with Gasteiger partial charge in [-0.25, -0.2) is 4.79 Å². The Morgan fingerprint density at radius 2 is 1.70 bits per heavy atom. The second-order valence-corrected chi connectivity index (χ2v) is 9.66. The van der Waals surface area contributed by atoms with E-state index in [9.17, 15) is 14.4 Å². The van der Waals surface area contributed by atoms with Crippen LogP contribution in [0.3, 0.4) is 0 Å². The van der Waals surface area contributed by atoms with Crippen molar-refractivity contribution in [3.63, 3.8) is 0 Å². The maximum atomic E-state index is 13.0. The SMILES string of the molecule is COc1ccc(C(=O)Oc2ccc(/C=C3\SC(=O)N(Cc4ccc5ccccc5c4)C3=O)cc2Cl)cc1. The van der Waals surface area contributed by atoms with Crippen LogP contribution in [-0.4, -0.2) is 29.1 Å². The van der Waals surface area contributed by atoms with Gasteiger partial charge in [-0.05, 0) is 82.2 Å². The Morgan fingerprint density at radius 1 is 0.946 bits per heavy atom. The van der Waals surface area contributed by atoms with Gasteiger partial charge in [-0.2, -0.15) is 0 Å². The fourth-order valence-electron chi connectivity index (χ4n) is 3.88. The van der Waals surface area contributed by atoms with Gasteiger partial charge in [-0.3, -0.25) is 14.5 Å². The summed E-state index contributed by atoms with van der Waals surface area (Å²) in [6, 6.07) is 25.1. The summed E-state index contributed by atoms with van der Waals surface area (Å²) in [6.07, 6.45) is 1.60. The number of ether oxygens (including phenoxy) is 2. The Morgan fingerprint density at radius 3 is 2.43 bits per heavy atom. The minimum atomic E-state index is -0.563. The summed E-state index contributed by atoms with van der Waals surface area (Å²) in [4.78, 5) is 39.6. The van der Waals surface area contributed by atoms with Gasteiger partial charge < -0.3 is 9.47 Å². The highest BCUT2D eigenvalue weighted by Gasteiger charge is 2.35. The predicted molar refractivity (Wildman–Crippen MR) is 145 cm³/mol. The number of methoxy groups -OCH3 is 1. The van der Waals surface area contributed by atoms with Crippen molar-refractivity contribution >= 4 is 57.3 Å². The summed E-state index contributed by atoms with van der Waals surface area (Å²) in [7, 11) is 1.54. The number of fused-ring (bicyclic) bond motifs is 1. The second-order valence-electron chi connectivity index (χ2n) is 8.26. The topological polar surface area (TPSA) is 72.9 Å². The van der Waals surface area contributed by atoms with E-state index in [1.807, 2.05) is 42.5 Å². The first-order chi connectivity index (χ1) is 17.9. The van der Waals surface area contributed by atoms with Crippen LogP contribution in [0.2, 0.25) is 5.02 Å². The molecule has 1 saturated heterocycles. The molecule has 0 atom stereocenters. The molecule has 4 aromatic carbocycles. The number of hydrogen-bond acceptors (Lipinski definition) is 6. The monoisotopic (exact) mass is 529 g/mol. The van der Waals surface area contributed by atoms with Crippen molar-refractivity contribution in [1.29, 1.82) is 0 Å². The largest absolute Gasteiger partial charge is 0.497 e. The molecule has 6 nitrogen and oxygen atoms in total. The summed E-state index contributed by atoms with van der Waals surface area (Å²) < 4.78 is 10.5. The lowest BCUT2D eigenvalue weighted by Gasteiger charge is -2.13. The van der Waals surface area contributed by atoms with Gasteiger partial charge in [-0.15, -0.1) is 0 Å². The summed E-state index contributed by atoms with van der Waals surface area (Å²) in [6.45, 7) is 0.188. The molecule has 184 valence electrons. The van der Waals surface area contributed by atoms with Crippen LogP contribution in [0.15, 0.2) is 89.8 Å².